The van der Waals surface area contributed by atoms with E-state index in [-0.39, 0.29) is 5.75 Å². The number of rotatable bonds is 4. The van der Waals surface area contributed by atoms with Crippen LogP contribution in [0.25, 0.3) is 10.8 Å². The van der Waals surface area contributed by atoms with Crippen LogP contribution < -0.4 is 10.1 Å². The van der Waals surface area contributed by atoms with Gasteiger partial charge in [0.05, 0.1) is 13.2 Å². The standard InChI is InChI=1S/C14H17NO3/c1-15-8-12(16)11-7-6-9-10(14(11)17)4-3-5-13(9)18-2/h3-7,12,15-17H,8H2,1-2H3. The number of phenolic OH excluding ortho intramolecular Hbond substituents is 1. The third-order valence-electron chi connectivity index (χ3n) is 3.00. The maximum Gasteiger partial charge on any atom is 0.129 e. The van der Waals surface area contributed by atoms with Gasteiger partial charge in [0.25, 0.3) is 0 Å². The van der Waals surface area contributed by atoms with E-state index in [0.29, 0.717) is 23.2 Å². The summed E-state index contributed by atoms with van der Waals surface area (Å²) in [6, 6.07) is 9.04. The van der Waals surface area contributed by atoms with Gasteiger partial charge in [-0.1, -0.05) is 24.3 Å². The van der Waals surface area contributed by atoms with Gasteiger partial charge in [0.1, 0.15) is 11.5 Å². The SMILES string of the molecule is CNCC(O)c1ccc2c(OC)cccc2c1O. The first-order chi connectivity index (χ1) is 8.69. The zero-order chi connectivity index (χ0) is 13.1. The molecule has 18 heavy (non-hydrogen) atoms. The number of ether oxygens (including phenoxy) is 1. The molecule has 0 aromatic heterocycles. The van der Waals surface area contributed by atoms with E-state index >= 15 is 0 Å². The fourth-order valence-electron chi connectivity index (χ4n) is 2.08. The van der Waals surface area contributed by atoms with Crippen LogP contribution in [0, 0.1) is 0 Å². The van der Waals surface area contributed by atoms with Gasteiger partial charge in [-0.15, -0.1) is 0 Å². The second kappa shape index (κ2) is 5.25. The van der Waals surface area contributed by atoms with Crippen molar-refractivity contribution < 1.29 is 14.9 Å². The van der Waals surface area contributed by atoms with Crippen molar-refractivity contribution in [1.82, 2.24) is 5.32 Å². The first kappa shape index (κ1) is 12.7. The fraction of sp³-hybridized carbons (Fsp3) is 0.286. The van der Waals surface area contributed by atoms with E-state index < -0.39 is 6.10 Å². The predicted octanol–water partition coefficient (Wildman–Crippen LogP) is 1.81. The Morgan fingerprint density at radius 1 is 1.22 bits per heavy atom. The Hall–Kier alpha value is -1.78. The maximum absolute atomic E-state index is 10.2. The highest BCUT2D eigenvalue weighted by molar-refractivity contribution is 5.94. The van der Waals surface area contributed by atoms with Gasteiger partial charge in [0.15, 0.2) is 0 Å². The molecule has 0 aliphatic rings. The van der Waals surface area contributed by atoms with Gasteiger partial charge < -0.3 is 20.3 Å². The summed E-state index contributed by atoms with van der Waals surface area (Å²) in [7, 11) is 3.35. The zero-order valence-corrected chi connectivity index (χ0v) is 10.5. The van der Waals surface area contributed by atoms with E-state index in [2.05, 4.69) is 5.32 Å². The average molecular weight is 247 g/mol. The van der Waals surface area contributed by atoms with Gasteiger partial charge in [-0.3, -0.25) is 0 Å². The molecule has 0 bridgehead atoms. The Kier molecular flexibility index (Phi) is 3.69. The number of fused-ring (bicyclic) bond motifs is 1. The number of hydrogen-bond acceptors (Lipinski definition) is 4. The first-order valence-corrected chi connectivity index (χ1v) is 5.80. The van der Waals surface area contributed by atoms with E-state index in [4.69, 9.17) is 4.74 Å². The quantitative estimate of drug-likeness (QED) is 0.771. The molecule has 0 aliphatic heterocycles. The van der Waals surface area contributed by atoms with Crippen LogP contribution in [-0.4, -0.2) is 30.9 Å². The number of benzene rings is 2. The molecule has 2 aromatic carbocycles. The summed E-state index contributed by atoms with van der Waals surface area (Å²) in [6.07, 6.45) is -0.731. The third kappa shape index (κ3) is 2.12. The molecule has 4 nitrogen and oxygen atoms in total. The van der Waals surface area contributed by atoms with Crippen LogP contribution in [-0.2, 0) is 0 Å². The third-order valence-corrected chi connectivity index (χ3v) is 3.00. The maximum atomic E-state index is 10.2. The van der Waals surface area contributed by atoms with Gasteiger partial charge >= 0.3 is 0 Å². The molecule has 0 saturated heterocycles. The summed E-state index contributed by atoms with van der Waals surface area (Å²) >= 11 is 0. The molecule has 96 valence electrons. The van der Waals surface area contributed by atoms with Crippen LogP contribution in [0.5, 0.6) is 11.5 Å². The second-order valence-corrected chi connectivity index (χ2v) is 4.13. The second-order valence-electron chi connectivity index (χ2n) is 4.13. The van der Waals surface area contributed by atoms with Crippen LogP contribution in [0.3, 0.4) is 0 Å². The van der Waals surface area contributed by atoms with Crippen molar-refractivity contribution in [3.8, 4) is 11.5 Å². The molecule has 2 aromatic rings. The molecule has 1 atom stereocenters. The Morgan fingerprint density at radius 2 is 2.00 bits per heavy atom. The van der Waals surface area contributed by atoms with Gasteiger partial charge in [-0.2, -0.15) is 0 Å². The topological polar surface area (TPSA) is 61.7 Å². The lowest BCUT2D eigenvalue weighted by atomic mass is 10.0. The lowest BCUT2D eigenvalue weighted by molar-refractivity contribution is 0.174. The highest BCUT2D eigenvalue weighted by Crippen LogP contribution is 2.36. The largest absolute Gasteiger partial charge is 0.507 e. The minimum atomic E-state index is -0.731. The van der Waals surface area contributed by atoms with E-state index in [9.17, 15) is 10.2 Å². The molecule has 4 heteroatoms. The smallest absolute Gasteiger partial charge is 0.129 e. The van der Waals surface area contributed by atoms with Crippen LogP contribution in [0.2, 0.25) is 0 Å². The fourth-order valence-corrected chi connectivity index (χ4v) is 2.08. The first-order valence-electron chi connectivity index (χ1n) is 5.80. The molecule has 0 spiro atoms. The summed E-state index contributed by atoms with van der Waals surface area (Å²) in [5, 5.41) is 24.5. The Morgan fingerprint density at radius 3 is 2.67 bits per heavy atom. The number of aromatic hydroxyl groups is 1. The van der Waals surface area contributed by atoms with Crippen molar-refractivity contribution in [2.45, 2.75) is 6.10 Å². The number of aliphatic hydroxyl groups excluding tert-OH is 1. The molecule has 1 unspecified atom stereocenters. The van der Waals surface area contributed by atoms with Crippen molar-refractivity contribution in [2.75, 3.05) is 20.7 Å². The number of likely N-dealkylation sites (N-methyl/N-ethyl adjacent to an activating group) is 1. The Labute approximate surface area is 106 Å². The molecular formula is C14H17NO3. The van der Waals surface area contributed by atoms with Crippen molar-refractivity contribution in [2.24, 2.45) is 0 Å². The number of methoxy groups -OCH3 is 1. The number of phenols is 1. The van der Waals surface area contributed by atoms with E-state index in [0.717, 1.165) is 5.39 Å². The van der Waals surface area contributed by atoms with E-state index in [1.807, 2.05) is 24.3 Å². The molecule has 0 saturated carbocycles. The minimum absolute atomic E-state index is 0.106. The van der Waals surface area contributed by atoms with Gasteiger partial charge in [-0.05, 0) is 13.1 Å². The lowest BCUT2D eigenvalue weighted by Gasteiger charge is -2.14. The Balaban J connectivity index is 2.58. The number of aliphatic hydroxyl groups is 1. The van der Waals surface area contributed by atoms with E-state index in [1.165, 1.54) is 0 Å². The summed E-state index contributed by atoms with van der Waals surface area (Å²) in [5.74, 6) is 0.812. The van der Waals surface area contributed by atoms with Crippen LogP contribution in [0.15, 0.2) is 30.3 Å². The molecule has 2 rings (SSSR count). The normalized spacial score (nSPS) is 12.6. The zero-order valence-electron chi connectivity index (χ0n) is 10.5. The predicted molar refractivity (Wildman–Crippen MR) is 71.1 cm³/mol. The number of hydrogen-bond donors (Lipinski definition) is 3. The van der Waals surface area contributed by atoms with Gasteiger partial charge in [-0.25, -0.2) is 0 Å². The Bertz CT molecular complexity index is 554. The molecule has 0 heterocycles. The monoisotopic (exact) mass is 247 g/mol. The summed E-state index contributed by atoms with van der Waals surface area (Å²) < 4.78 is 5.24. The van der Waals surface area contributed by atoms with Crippen molar-refractivity contribution >= 4 is 10.8 Å². The van der Waals surface area contributed by atoms with Crippen molar-refractivity contribution in [3.05, 3.63) is 35.9 Å². The minimum Gasteiger partial charge on any atom is -0.507 e. The highest BCUT2D eigenvalue weighted by Gasteiger charge is 2.15. The summed E-state index contributed by atoms with van der Waals surface area (Å²) in [4.78, 5) is 0. The van der Waals surface area contributed by atoms with E-state index in [1.54, 1.807) is 20.2 Å². The lowest BCUT2D eigenvalue weighted by Crippen LogP contribution is -2.16. The highest BCUT2D eigenvalue weighted by atomic mass is 16.5. The van der Waals surface area contributed by atoms with Crippen LogP contribution in [0.4, 0.5) is 0 Å². The molecule has 0 amide bonds. The molecule has 0 aliphatic carbocycles. The van der Waals surface area contributed by atoms with Crippen molar-refractivity contribution in [1.29, 1.82) is 0 Å². The van der Waals surface area contributed by atoms with Gasteiger partial charge in [0, 0.05) is 22.9 Å². The number of nitrogens with one attached hydrogen (secondary N) is 1. The molecule has 0 radical (unpaired) electrons. The van der Waals surface area contributed by atoms with Crippen LogP contribution >= 0.6 is 0 Å². The molecule has 3 N–H and O–H groups in total. The summed E-state index contributed by atoms with van der Waals surface area (Å²) in [5.41, 5.74) is 0.519. The molecular weight excluding hydrogens is 230 g/mol. The van der Waals surface area contributed by atoms with Crippen LogP contribution in [0.1, 0.15) is 11.7 Å². The summed E-state index contributed by atoms with van der Waals surface area (Å²) in [6.45, 7) is 0.392. The van der Waals surface area contributed by atoms with Gasteiger partial charge in [0.2, 0.25) is 0 Å². The average Bonchev–Trinajstić information content (AvgIpc) is 2.39. The molecule has 0 fully saturated rings. The van der Waals surface area contributed by atoms with Crippen molar-refractivity contribution in [3.63, 3.8) is 0 Å².